The van der Waals surface area contributed by atoms with Gasteiger partial charge in [0.25, 0.3) is 0 Å². The van der Waals surface area contributed by atoms with Gasteiger partial charge >= 0.3 is 0 Å². The lowest BCUT2D eigenvalue weighted by Gasteiger charge is -2.21. The van der Waals surface area contributed by atoms with Crippen LogP contribution in [0.1, 0.15) is 40.9 Å². The molecule has 1 aromatic carbocycles. The Morgan fingerprint density at radius 3 is 2.59 bits per heavy atom. The molecule has 0 unspecified atom stereocenters. The quantitative estimate of drug-likeness (QED) is 0.341. The summed E-state index contributed by atoms with van der Waals surface area (Å²) in [6, 6.07) is 8.33. The van der Waals surface area contributed by atoms with E-state index >= 15 is 0 Å². The lowest BCUT2D eigenvalue weighted by molar-refractivity contribution is 0.403. The number of thiazole rings is 1. The first-order chi connectivity index (χ1) is 12.6. The number of aliphatic imine (C=N–C) groups is 1. The Bertz CT molecular complexity index is 767. The molecule has 1 heterocycles. The predicted molar refractivity (Wildman–Crippen MR) is 124 cm³/mol. The van der Waals surface area contributed by atoms with Crippen molar-refractivity contribution in [3.63, 3.8) is 0 Å². The Morgan fingerprint density at radius 1 is 1.26 bits per heavy atom. The summed E-state index contributed by atoms with van der Waals surface area (Å²) in [5, 5.41) is 7.92. The highest BCUT2D eigenvalue weighted by molar-refractivity contribution is 14.0. The first kappa shape index (κ1) is 21.9. The van der Waals surface area contributed by atoms with Gasteiger partial charge < -0.3 is 15.4 Å². The average molecular weight is 500 g/mol. The molecule has 7 heteroatoms. The van der Waals surface area contributed by atoms with Crippen LogP contribution in [0.25, 0.3) is 0 Å². The number of methoxy groups -OCH3 is 1. The lowest BCUT2D eigenvalue weighted by atomic mass is 9.95. The van der Waals surface area contributed by atoms with E-state index in [1.54, 1.807) is 18.4 Å². The van der Waals surface area contributed by atoms with Crippen molar-refractivity contribution in [1.29, 1.82) is 0 Å². The van der Waals surface area contributed by atoms with Crippen LogP contribution in [-0.4, -0.2) is 31.1 Å². The van der Waals surface area contributed by atoms with Gasteiger partial charge in [0.15, 0.2) is 5.96 Å². The third-order valence-electron chi connectivity index (χ3n) is 4.92. The molecule has 0 spiro atoms. The number of ether oxygens (including phenoxy) is 1. The molecular formula is C20H29IN4OS. The van der Waals surface area contributed by atoms with Gasteiger partial charge in [-0.25, -0.2) is 9.98 Å². The van der Waals surface area contributed by atoms with Crippen molar-refractivity contribution in [2.75, 3.05) is 20.2 Å². The minimum absolute atomic E-state index is 0. The van der Waals surface area contributed by atoms with Crippen molar-refractivity contribution in [3.8, 4) is 5.75 Å². The first-order valence-corrected chi connectivity index (χ1v) is 9.98. The molecule has 2 N–H and O–H groups in total. The smallest absolute Gasteiger partial charge is 0.191 e. The van der Waals surface area contributed by atoms with E-state index in [1.807, 2.05) is 19.1 Å². The maximum Gasteiger partial charge on any atom is 0.191 e. The molecule has 1 aliphatic rings. The Kier molecular flexibility index (Phi) is 7.91. The second kappa shape index (κ2) is 9.73. The van der Waals surface area contributed by atoms with E-state index in [-0.39, 0.29) is 29.4 Å². The molecular weight excluding hydrogens is 471 g/mol. The fourth-order valence-electron chi connectivity index (χ4n) is 3.12. The van der Waals surface area contributed by atoms with Crippen molar-refractivity contribution < 1.29 is 4.74 Å². The van der Waals surface area contributed by atoms with Gasteiger partial charge in [-0.1, -0.05) is 18.2 Å². The van der Waals surface area contributed by atoms with Crippen molar-refractivity contribution in [2.45, 2.75) is 45.6 Å². The molecule has 3 rings (SSSR count). The van der Waals surface area contributed by atoms with Crippen molar-refractivity contribution in [2.24, 2.45) is 4.99 Å². The van der Waals surface area contributed by atoms with Gasteiger partial charge in [0.05, 0.1) is 19.3 Å². The van der Waals surface area contributed by atoms with Crippen LogP contribution >= 0.6 is 35.3 Å². The second-order valence-electron chi connectivity index (χ2n) is 6.78. The molecule has 27 heavy (non-hydrogen) atoms. The second-order valence-corrected chi connectivity index (χ2v) is 8.07. The fraction of sp³-hybridized carbons (Fsp3) is 0.500. The number of nitrogens with one attached hydrogen (secondary N) is 2. The average Bonchev–Trinajstić information content (AvgIpc) is 3.37. The lowest BCUT2D eigenvalue weighted by Crippen LogP contribution is -2.41. The van der Waals surface area contributed by atoms with Gasteiger partial charge in [-0.05, 0) is 39.7 Å². The molecule has 2 aromatic rings. The van der Waals surface area contributed by atoms with E-state index in [0.717, 1.165) is 35.5 Å². The maximum atomic E-state index is 5.56. The summed E-state index contributed by atoms with van der Waals surface area (Å²) in [7, 11) is 1.74. The highest BCUT2D eigenvalue weighted by atomic mass is 127. The van der Waals surface area contributed by atoms with Crippen LogP contribution in [-0.2, 0) is 12.0 Å². The molecule has 0 amide bonds. The predicted octanol–water partition coefficient (Wildman–Crippen LogP) is 4.17. The van der Waals surface area contributed by atoms with E-state index in [4.69, 9.17) is 9.73 Å². The Balaban J connectivity index is 0.00000261. The van der Waals surface area contributed by atoms with Gasteiger partial charge in [-0.2, -0.15) is 0 Å². The number of hydrogen-bond acceptors (Lipinski definition) is 4. The van der Waals surface area contributed by atoms with Crippen LogP contribution in [0.5, 0.6) is 5.75 Å². The highest BCUT2D eigenvalue weighted by Gasteiger charge is 2.46. The summed E-state index contributed by atoms with van der Waals surface area (Å²) in [5.74, 6) is 1.82. The van der Waals surface area contributed by atoms with Gasteiger partial charge in [0, 0.05) is 28.9 Å². The molecule has 1 aromatic heterocycles. The van der Waals surface area contributed by atoms with E-state index in [0.29, 0.717) is 6.54 Å². The summed E-state index contributed by atoms with van der Waals surface area (Å²) in [5.41, 5.74) is 2.54. The zero-order valence-electron chi connectivity index (χ0n) is 16.5. The summed E-state index contributed by atoms with van der Waals surface area (Å²) in [6.07, 6.45) is 2.34. The van der Waals surface area contributed by atoms with Crippen LogP contribution in [0.15, 0.2) is 29.3 Å². The number of para-hydroxylation sites is 1. The normalized spacial score (nSPS) is 15.0. The Hall–Kier alpha value is -1.35. The first-order valence-electron chi connectivity index (χ1n) is 9.16. The number of nitrogens with zero attached hydrogens (tertiary/aromatic N) is 2. The molecule has 5 nitrogen and oxygen atoms in total. The number of aromatic nitrogens is 1. The largest absolute Gasteiger partial charge is 0.496 e. The molecule has 1 saturated carbocycles. The zero-order chi connectivity index (χ0) is 18.6. The van der Waals surface area contributed by atoms with Gasteiger partial charge in [0.1, 0.15) is 10.8 Å². The van der Waals surface area contributed by atoms with Crippen LogP contribution in [0.2, 0.25) is 0 Å². The van der Waals surface area contributed by atoms with E-state index in [2.05, 4.69) is 41.6 Å². The number of guanidine groups is 1. The van der Waals surface area contributed by atoms with Gasteiger partial charge in [-0.3, -0.25) is 0 Å². The van der Waals surface area contributed by atoms with Crippen molar-refractivity contribution in [1.82, 2.24) is 15.6 Å². The highest BCUT2D eigenvalue weighted by Crippen LogP contribution is 2.50. The van der Waals surface area contributed by atoms with Crippen LogP contribution in [0.3, 0.4) is 0 Å². The fourth-order valence-corrected chi connectivity index (χ4v) is 3.98. The number of hydrogen-bond donors (Lipinski definition) is 2. The van der Waals surface area contributed by atoms with Crippen LogP contribution in [0, 0.1) is 13.8 Å². The van der Waals surface area contributed by atoms with E-state index < -0.39 is 0 Å². The summed E-state index contributed by atoms with van der Waals surface area (Å²) >= 11 is 1.72. The Labute approximate surface area is 183 Å². The number of aryl methyl sites for hydroxylation is 2. The minimum Gasteiger partial charge on any atom is -0.496 e. The summed E-state index contributed by atoms with van der Waals surface area (Å²) < 4.78 is 5.56. The minimum atomic E-state index is 0. The van der Waals surface area contributed by atoms with E-state index in [1.165, 1.54) is 23.3 Å². The van der Waals surface area contributed by atoms with Gasteiger partial charge in [0.2, 0.25) is 0 Å². The number of benzene rings is 1. The molecule has 0 saturated heterocycles. The molecule has 0 bridgehead atoms. The maximum absolute atomic E-state index is 5.56. The topological polar surface area (TPSA) is 58.5 Å². The molecule has 0 aliphatic heterocycles. The number of halogens is 1. The van der Waals surface area contributed by atoms with Crippen molar-refractivity contribution >= 4 is 41.3 Å². The molecule has 0 atom stereocenters. The number of rotatable bonds is 7. The SMILES string of the molecule is CCNC(=NCc1nc(C)c(C)s1)NCC1(c2ccccc2OC)CC1.I. The molecule has 0 radical (unpaired) electrons. The third kappa shape index (κ3) is 5.34. The summed E-state index contributed by atoms with van der Waals surface area (Å²) in [6.45, 7) is 8.54. The van der Waals surface area contributed by atoms with Gasteiger partial charge in [-0.15, -0.1) is 35.3 Å². The third-order valence-corrected chi connectivity index (χ3v) is 5.97. The standard InChI is InChI=1S/C20H28N4OS.HI/c1-5-21-19(22-12-18-24-14(2)15(3)26-18)23-13-20(10-11-20)16-8-6-7-9-17(16)25-4;/h6-9H,5,10-13H2,1-4H3,(H2,21,22,23);1H. The molecule has 1 fully saturated rings. The monoisotopic (exact) mass is 500 g/mol. The van der Waals surface area contributed by atoms with Crippen LogP contribution in [0.4, 0.5) is 0 Å². The summed E-state index contributed by atoms with van der Waals surface area (Å²) in [4.78, 5) is 10.6. The van der Waals surface area contributed by atoms with Crippen molar-refractivity contribution in [3.05, 3.63) is 45.4 Å². The Morgan fingerprint density at radius 2 is 2.00 bits per heavy atom. The van der Waals surface area contributed by atoms with E-state index in [9.17, 15) is 0 Å². The molecule has 1 aliphatic carbocycles. The zero-order valence-corrected chi connectivity index (χ0v) is 19.6. The molecule has 148 valence electrons. The van der Waals surface area contributed by atoms with Crippen LogP contribution < -0.4 is 15.4 Å².